The van der Waals surface area contributed by atoms with Crippen LogP contribution in [0.15, 0.2) is 48.5 Å². The molecule has 0 spiro atoms. The number of carbonyl (C=O) groups is 1. The van der Waals surface area contributed by atoms with Crippen LogP contribution in [0, 0.1) is 11.6 Å². The molecule has 0 amide bonds. The van der Waals surface area contributed by atoms with Gasteiger partial charge in [0.2, 0.25) is 0 Å². The van der Waals surface area contributed by atoms with Gasteiger partial charge in [-0.05, 0) is 35.4 Å². The Morgan fingerprint density at radius 3 is 1.32 bits per heavy atom. The normalized spacial score (nSPS) is 13.6. The molecule has 1 nitrogen and oxygen atoms in total. The van der Waals surface area contributed by atoms with Crippen molar-refractivity contribution >= 4 is 5.78 Å². The lowest BCUT2D eigenvalue weighted by Crippen LogP contribution is -2.23. The van der Waals surface area contributed by atoms with Crippen molar-refractivity contribution in [2.24, 2.45) is 0 Å². The Hall–Kier alpha value is -2.17. The minimum Gasteiger partial charge on any atom is -0.298 e. The Morgan fingerprint density at radius 2 is 1.05 bits per heavy atom. The van der Waals surface area contributed by atoms with E-state index in [9.17, 15) is 22.4 Å². The summed E-state index contributed by atoms with van der Waals surface area (Å²) in [7, 11) is 0. The second-order valence-corrected chi connectivity index (χ2v) is 4.92. The van der Waals surface area contributed by atoms with E-state index in [-0.39, 0.29) is 11.1 Å². The maximum atomic E-state index is 13.3. The Kier molecular flexibility index (Phi) is 5.31. The Bertz CT molecular complexity index is 567. The highest BCUT2D eigenvalue weighted by molar-refractivity contribution is 5.92. The van der Waals surface area contributed by atoms with Crippen molar-refractivity contribution in [3.05, 3.63) is 71.3 Å². The van der Waals surface area contributed by atoms with Gasteiger partial charge in [-0.25, -0.2) is 17.6 Å². The largest absolute Gasteiger partial charge is 0.298 e. The van der Waals surface area contributed by atoms with Gasteiger partial charge in [-0.2, -0.15) is 0 Å². The summed E-state index contributed by atoms with van der Waals surface area (Å²) in [5.41, 5.74) is 0.573. The third kappa shape index (κ3) is 3.53. The van der Waals surface area contributed by atoms with Gasteiger partial charge < -0.3 is 0 Å². The molecule has 0 saturated heterocycles. The lowest BCUT2D eigenvalue weighted by atomic mass is 9.85. The highest BCUT2D eigenvalue weighted by Gasteiger charge is 2.29. The highest BCUT2D eigenvalue weighted by Crippen LogP contribution is 2.28. The molecule has 2 aromatic rings. The van der Waals surface area contributed by atoms with Crippen LogP contribution in [-0.2, 0) is 4.79 Å². The number of hydrogen-bond donors (Lipinski definition) is 0. The topological polar surface area (TPSA) is 17.1 Å². The summed E-state index contributed by atoms with van der Waals surface area (Å²) < 4.78 is 52.4. The molecule has 0 aliphatic rings. The van der Waals surface area contributed by atoms with E-state index in [1.165, 1.54) is 24.3 Å². The molecule has 0 bridgehead atoms. The molecule has 0 aliphatic heterocycles. The van der Waals surface area contributed by atoms with Crippen molar-refractivity contribution in [2.45, 2.75) is 11.8 Å². The van der Waals surface area contributed by atoms with Crippen LogP contribution < -0.4 is 0 Å². The molecule has 0 N–H and O–H groups in total. The van der Waals surface area contributed by atoms with Gasteiger partial charge in [0.1, 0.15) is 25.0 Å². The van der Waals surface area contributed by atoms with Crippen LogP contribution in [-0.4, -0.2) is 19.1 Å². The number of benzene rings is 2. The predicted octanol–water partition coefficient (Wildman–Crippen LogP) is 4.34. The molecule has 0 fully saturated rings. The number of carbonyl (C=O) groups excluding carboxylic acids is 1. The van der Waals surface area contributed by atoms with Gasteiger partial charge in [0, 0.05) is 0 Å². The maximum Gasteiger partial charge on any atom is 0.153 e. The number of halogens is 4. The van der Waals surface area contributed by atoms with Gasteiger partial charge in [-0.15, -0.1) is 0 Å². The SMILES string of the molecule is O=C(C(CF)c1ccc(F)cc1)C(CF)c1ccc(F)cc1. The third-order valence-corrected chi connectivity index (χ3v) is 3.54. The first-order valence-electron chi connectivity index (χ1n) is 6.73. The number of rotatable bonds is 6. The minimum absolute atomic E-state index is 0.287. The van der Waals surface area contributed by atoms with E-state index in [0.29, 0.717) is 0 Å². The molecule has 5 heteroatoms. The van der Waals surface area contributed by atoms with Gasteiger partial charge in [-0.3, -0.25) is 4.79 Å². The molecule has 2 unspecified atom stereocenters. The molecule has 116 valence electrons. The molecule has 0 aromatic heterocycles. The van der Waals surface area contributed by atoms with E-state index >= 15 is 0 Å². The first-order valence-corrected chi connectivity index (χ1v) is 6.73. The fraction of sp³-hybridized carbons (Fsp3) is 0.235. The van der Waals surface area contributed by atoms with Crippen molar-refractivity contribution in [2.75, 3.05) is 13.3 Å². The summed E-state index contributed by atoms with van der Waals surface area (Å²) >= 11 is 0. The third-order valence-electron chi connectivity index (χ3n) is 3.54. The van der Waals surface area contributed by atoms with Crippen LogP contribution in [0.25, 0.3) is 0 Å². The molecule has 0 saturated carbocycles. The predicted molar refractivity (Wildman–Crippen MR) is 75.2 cm³/mol. The maximum absolute atomic E-state index is 13.3. The van der Waals surface area contributed by atoms with Gasteiger partial charge in [0.05, 0.1) is 11.8 Å². The second kappa shape index (κ2) is 7.20. The van der Waals surface area contributed by atoms with Crippen LogP contribution in [0.4, 0.5) is 17.6 Å². The molecule has 2 aromatic carbocycles. The van der Waals surface area contributed by atoms with Crippen LogP contribution in [0.1, 0.15) is 23.0 Å². The van der Waals surface area contributed by atoms with Crippen molar-refractivity contribution < 1.29 is 22.4 Å². The zero-order valence-corrected chi connectivity index (χ0v) is 11.6. The Morgan fingerprint density at radius 1 is 0.727 bits per heavy atom. The Labute approximate surface area is 125 Å². The van der Waals surface area contributed by atoms with E-state index in [4.69, 9.17) is 0 Å². The number of hydrogen-bond acceptors (Lipinski definition) is 1. The first-order chi connectivity index (χ1) is 10.6. The summed E-state index contributed by atoms with van der Waals surface area (Å²) in [4.78, 5) is 12.4. The van der Waals surface area contributed by atoms with Gasteiger partial charge in [0.25, 0.3) is 0 Å². The smallest absolute Gasteiger partial charge is 0.153 e. The van der Waals surface area contributed by atoms with Gasteiger partial charge >= 0.3 is 0 Å². The van der Waals surface area contributed by atoms with Crippen LogP contribution in [0.2, 0.25) is 0 Å². The minimum atomic E-state index is -1.17. The summed E-state index contributed by atoms with van der Waals surface area (Å²) in [5.74, 6) is -4.01. The van der Waals surface area contributed by atoms with E-state index in [1.54, 1.807) is 0 Å². The fourth-order valence-corrected chi connectivity index (χ4v) is 2.29. The number of Topliss-reactive ketones (excluding diaryl/α,β-unsaturated/α-hetero) is 1. The van der Waals surface area contributed by atoms with Crippen LogP contribution in [0.3, 0.4) is 0 Å². The average molecular weight is 310 g/mol. The van der Waals surface area contributed by atoms with Crippen molar-refractivity contribution in [1.82, 2.24) is 0 Å². The quantitative estimate of drug-likeness (QED) is 0.725. The van der Waals surface area contributed by atoms with E-state index < -0.39 is 42.6 Å². The first kappa shape index (κ1) is 16.2. The zero-order chi connectivity index (χ0) is 16.1. The summed E-state index contributed by atoms with van der Waals surface area (Å²) in [6, 6.07) is 9.69. The van der Waals surface area contributed by atoms with Gasteiger partial charge in [-0.1, -0.05) is 24.3 Å². The summed E-state index contributed by atoms with van der Waals surface area (Å²) in [6.07, 6.45) is 0. The molecule has 2 rings (SSSR count). The van der Waals surface area contributed by atoms with E-state index in [0.717, 1.165) is 24.3 Å². The lowest BCUT2D eigenvalue weighted by molar-refractivity contribution is -0.122. The van der Waals surface area contributed by atoms with Crippen molar-refractivity contribution in [3.63, 3.8) is 0 Å². The number of ketones is 1. The molecular formula is C17H14F4O. The second-order valence-electron chi connectivity index (χ2n) is 4.92. The molecular weight excluding hydrogens is 296 g/mol. The van der Waals surface area contributed by atoms with Crippen molar-refractivity contribution in [1.29, 1.82) is 0 Å². The monoisotopic (exact) mass is 310 g/mol. The van der Waals surface area contributed by atoms with Gasteiger partial charge in [0.15, 0.2) is 5.78 Å². The van der Waals surface area contributed by atoms with Crippen molar-refractivity contribution in [3.8, 4) is 0 Å². The fourth-order valence-electron chi connectivity index (χ4n) is 2.29. The molecule has 22 heavy (non-hydrogen) atoms. The van der Waals surface area contributed by atoms with E-state index in [1.807, 2.05) is 0 Å². The average Bonchev–Trinajstić information content (AvgIpc) is 2.52. The molecule has 2 atom stereocenters. The van der Waals surface area contributed by atoms with Crippen LogP contribution >= 0.6 is 0 Å². The molecule has 0 heterocycles. The molecule has 0 aliphatic carbocycles. The summed E-state index contributed by atoms with van der Waals surface area (Å²) in [6.45, 7) is -2.02. The Balaban J connectivity index is 2.29. The zero-order valence-electron chi connectivity index (χ0n) is 11.6. The lowest BCUT2D eigenvalue weighted by Gasteiger charge is -2.19. The van der Waals surface area contributed by atoms with Crippen LogP contribution in [0.5, 0.6) is 0 Å². The van der Waals surface area contributed by atoms with E-state index in [2.05, 4.69) is 0 Å². The summed E-state index contributed by atoms with van der Waals surface area (Å²) in [5, 5.41) is 0. The highest BCUT2D eigenvalue weighted by atomic mass is 19.1. The standard InChI is InChI=1S/C17H14F4O/c18-9-15(11-1-5-13(20)6-2-11)17(22)16(10-19)12-3-7-14(21)8-4-12/h1-8,15-16H,9-10H2. The molecule has 0 radical (unpaired) electrons. The number of alkyl halides is 2.